The molecule has 0 saturated carbocycles. The van der Waals surface area contributed by atoms with Crippen LogP contribution in [0.4, 0.5) is 0 Å². The molecule has 17 nitrogen and oxygen atoms in total. The number of aromatic nitrogens is 17. The maximum atomic E-state index is 5.04. The van der Waals surface area contributed by atoms with Gasteiger partial charge in [0.15, 0.2) is 64.1 Å². The second-order valence-electron chi connectivity index (χ2n) is 34.0. The van der Waals surface area contributed by atoms with E-state index in [2.05, 4.69) is 240 Å². The molecule has 17 heteroatoms. The van der Waals surface area contributed by atoms with E-state index in [-0.39, 0.29) is 0 Å². The minimum atomic E-state index is 0.602. The molecule has 678 valence electrons. The van der Waals surface area contributed by atoms with E-state index in [1.54, 1.807) is 24.8 Å². The van der Waals surface area contributed by atoms with Crippen LogP contribution in [-0.2, 0) is 0 Å². The quantitative estimate of drug-likeness (QED) is 0.0653. The highest BCUT2D eigenvalue weighted by Crippen LogP contribution is 2.41. The molecule has 0 aliphatic carbocycles. The van der Waals surface area contributed by atoms with E-state index < -0.39 is 0 Å². The monoisotopic (exact) mass is 1850 g/mol. The number of hydrogen-bond donors (Lipinski definition) is 0. The molecule has 9 aromatic heterocycles. The van der Waals surface area contributed by atoms with Gasteiger partial charge in [-0.1, -0.05) is 334 Å². The molecule has 0 radical (unpaired) electrons. The zero-order valence-corrected chi connectivity index (χ0v) is 77.7. The minimum absolute atomic E-state index is 0.602. The third-order valence-corrected chi connectivity index (χ3v) is 24.6. The number of nitrogens with zero attached hydrogens (tertiary/aromatic N) is 17. The van der Waals surface area contributed by atoms with Gasteiger partial charge in [0, 0.05) is 135 Å². The average molecular weight is 1850 g/mol. The van der Waals surface area contributed by atoms with Crippen molar-refractivity contribution in [1.29, 1.82) is 0 Å². The second-order valence-corrected chi connectivity index (χ2v) is 34.0. The molecule has 24 aromatic rings. The molecule has 144 heavy (non-hydrogen) atoms. The molecule has 0 N–H and O–H groups in total. The summed E-state index contributed by atoms with van der Waals surface area (Å²) in [4.78, 5) is 79.6. The van der Waals surface area contributed by atoms with Crippen molar-refractivity contribution < 1.29 is 0 Å². The Morgan fingerprint density at radius 1 is 0.0903 bits per heavy atom. The summed E-state index contributed by atoms with van der Waals surface area (Å²) in [6.45, 7) is 0. The lowest BCUT2D eigenvalue weighted by Crippen LogP contribution is -2.00. The molecular formula is C127H85N17. The van der Waals surface area contributed by atoms with Gasteiger partial charge in [-0.15, -0.1) is 0 Å². The van der Waals surface area contributed by atoms with Crippen LogP contribution in [0, 0.1) is 0 Å². The summed E-state index contributed by atoms with van der Waals surface area (Å²) in [5, 5.41) is 0. The maximum absolute atomic E-state index is 5.04. The lowest BCUT2D eigenvalue weighted by molar-refractivity contribution is 1.07. The highest BCUT2D eigenvalue weighted by molar-refractivity contribution is 5.87. The number of hydrogen-bond acceptors (Lipinski definition) is 17. The first kappa shape index (κ1) is 89.3. The Morgan fingerprint density at radius 3 is 0.458 bits per heavy atom. The van der Waals surface area contributed by atoms with Crippen LogP contribution in [0.5, 0.6) is 0 Å². The standard InChI is InChI=1S/C43H29N5.2C42H28N6/c1-3-7-36(8-4-1)41-46-42(37-9-5-2-6-10-37)48-43(47-41)40-28-38(32-15-11-30(12-16-32)34-19-23-44-24-20-34)27-39(29-40)33-17-13-31(14-18-33)35-21-25-45-26-22-35;1-3-10-32(11-4-1)40-46-41(33-12-5-2-6-13-33)48-42(47-40)37-27-35(29-15-19-31(20-16-29)38-14-7-8-23-43-38)26-36(28-37)30-17-21-34(22-18-30)39-44-24-9-25-45-39;1-3-8-33(9-4-1)40-46-41(34-10-5-2-6-11-34)48-42(47-40)38-27-36(30-14-12-29(13-15-30)32-20-24-43-25-21-32)26-37(28-38)31-16-18-35(19-17-31)39-44-22-7-23-45-39/h1-29H;2*1-28H. The Morgan fingerprint density at radius 2 is 0.250 bits per heavy atom. The van der Waals surface area contributed by atoms with Crippen molar-refractivity contribution in [2.75, 3.05) is 0 Å². The van der Waals surface area contributed by atoms with Gasteiger partial charge < -0.3 is 0 Å². The van der Waals surface area contributed by atoms with Gasteiger partial charge in [0.05, 0.1) is 5.69 Å². The summed E-state index contributed by atoms with van der Waals surface area (Å²) in [6.07, 6.45) is 19.8. The van der Waals surface area contributed by atoms with Crippen molar-refractivity contribution >= 4 is 0 Å². The fraction of sp³-hybridized carbons (Fsp3) is 0. The summed E-state index contributed by atoms with van der Waals surface area (Å²) in [6, 6.07) is 153. The molecule has 0 amide bonds. The van der Waals surface area contributed by atoms with Gasteiger partial charge in [0.25, 0.3) is 0 Å². The molecule has 0 bridgehead atoms. The molecule has 0 spiro atoms. The van der Waals surface area contributed by atoms with E-state index in [1.165, 1.54) is 0 Å². The highest BCUT2D eigenvalue weighted by atomic mass is 15.1. The van der Waals surface area contributed by atoms with Gasteiger partial charge >= 0.3 is 0 Å². The minimum Gasteiger partial charge on any atom is -0.265 e. The van der Waals surface area contributed by atoms with Crippen LogP contribution in [0.1, 0.15) is 0 Å². The van der Waals surface area contributed by atoms with E-state index in [9.17, 15) is 0 Å². The summed E-state index contributed by atoms with van der Waals surface area (Å²) >= 11 is 0. The molecule has 15 aromatic carbocycles. The fourth-order valence-corrected chi connectivity index (χ4v) is 17.2. The molecule has 0 aliphatic heterocycles. The molecule has 9 heterocycles. The van der Waals surface area contributed by atoms with Crippen LogP contribution in [0.3, 0.4) is 0 Å². The van der Waals surface area contributed by atoms with E-state index in [0.717, 1.165) is 173 Å². The van der Waals surface area contributed by atoms with Crippen LogP contribution >= 0.6 is 0 Å². The SMILES string of the molecule is c1ccc(-c2nc(-c3ccccc3)nc(-c3cc(-c4ccc(-c5ccccn5)cc4)cc(-c4ccc(-c5ncccn5)cc4)c3)n2)cc1.c1ccc(-c2nc(-c3ccccc3)nc(-c3cc(-c4ccc(-c5ccncc5)cc4)cc(-c4ccc(-c5ccncc5)cc4)c3)n2)cc1.c1ccc(-c2nc(-c3ccccc3)nc(-c3cc(-c4ccc(-c5ccncc5)cc4)cc(-c4ccc(-c5ncccn5)cc4)c3)n2)cc1. The molecule has 24 rings (SSSR count). The zero-order chi connectivity index (χ0) is 96.4. The van der Waals surface area contributed by atoms with Crippen molar-refractivity contribution in [2.45, 2.75) is 0 Å². The molecular weight excluding hydrogens is 1760 g/mol. The second kappa shape index (κ2) is 42.4. The zero-order valence-electron chi connectivity index (χ0n) is 77.7. The van der Waals surface area contributed by atoms with Crippen molar-refractivity contribution in [3.63, 3.8) is 0 Å². The Labute approximate surface area is 832 Å². The Bertz CT molecular complexity index is 7200. The lowest BCUT2D eigenvalue weighted by Gasteiger charge is -2.13. The predicted octanol–water partition coefficient (Wildman–Crippen LogP) is 29.8. The summed E-state index contributed by atoms with van der Waals surface area (Å²) in [7, 11) is 0. The molecule has 0 unspecified atom stereocenters. The van der Waals surface area contributed by atoms with Crippen LogP contribution < -0.4 is 0 Å². The molecule has 0 aliphatic rings. The fourth-order valence-electron chi connectivity index (χ4n) is 17.2. The van der Waals surface area contributed by atoms with E-state index in [0.29, 0.717) is 64.1 Å². The summed E-state index contributed by atoms with van der Waals surface area (Å²) in [5.74, 6) is 6.98. The van der Waals surface area contributed by atoms with Crippen LogP contribution in [0.15, 0.2) is 517 Å². The van der Waals surface area contributed by atoms with Crippen molar-refractivity contribution in [1.82, 2.24) is 84.7 Å². The van der Waals surface area contributed by atoms with Gasteiger partial charge in [-0.3, -0.25) is 19.9 Å². The topological polar surface area (TPSA) is 219 Å². The first-order valence-corrected chi connectivity index (χ1v) is 47.2. The van der Waals surface area contributed by atoms with Crippen LogP contribution in [0.25, 0.3) is 237 Å². The van der Waals surface area contributed by atoms with Gasteiger partial charge in [-0.25, -0.2) is 64.8 Å². The first-order valence-electron chi connectivity index (χ1n) is 47.2. The van der Waals surface area contributed by atoms with Crippen molar-refractivity contribution in [2.24, 2.45) is 0 Å². The smallest absolute Gasteiger partial charge is 0.164 e. The number of rotatable bonds is 21. The third-order valence-electron chi connectivity index (χ3n) is 24.6. The number of benzene rings is 15. The summed E-state index contributed by atoms with van der Waals surface area (Å²) < 4.78 is 0. The van der Waals surface area contributed by atoms with Gasteiger partial charge in [0.2, 0.25) is 0 Å². The van der Waals surface area contributed by atoms with Gasteiger partial charge in [-0.05, 0) is 215 Å². The third kappa shape index (κ3) is 21.0. The first-order chi connectivity index (χ1) is 71.3. The van der Waals surface area contributed by atoms with Crippen LogP contribution in [-0.4, -0.2) is 84.7 Å². The van der Waals surface area contributed by atoms with Gasteiger partial charge in [0.1, 0.15) is 0 Å². The average Bonchev–Trinajstić information content (AvgIpc) is 0.785. The van der Waals surface area contributed by atoms with Gasteiger partial charge in [-0.2, -0.15) is 0 Å². The normalized spacial score (nSPS) is 10.9. The largest absolute Gasteiger partial charge is 0.265 e. The molecule has 0 saturated heterocycles. The predicted molar refractivity (Wildman–Crippen MR) is 576 cm³/mol. The Hall–Kier alpha value is -19.9. The molecule has 0 fully saturated rings. The Kier molecular flexibility index (Phi) is 26.3. The Balaban J connectivity index is 0.000000123. The highest BCUT2D eigenvalue weighted by Gasteiger charge is 2.22. The van der Waals surface area contributed by atoms with Crippen molar-refractivity contribution in [3.8, 4) is 237 Å². The summed E-state index contributed by atoms with van der Waals surface area (Å²) in [5.41, 5.74) is 31.8. The van der Waals surface area contributed by atoms with E-state index >= 15 is 0 Å². The number of pyridine rings is 4. The maximum Gasteiger partial charge on any atom is 0.164 e. The lowest BCUT2D eigenvalue weighted by atomic mass is 9.94. The van der Waals surface area contributed by atoms with E-state index in [4.69, 9.17) is 44.9 Å². The van der Waals surface area contributed by atoms with Crippen LogP contribution in [0.2, 0.25) is 0 Å². The molecule has 0 atom stereocenters. The van der Waals surface area contributed by atoms with E-state index in [1.807, 2.05) is 292 Å². The van der Waals surface area contributed by atoms with Crippen molar-refractivity contribution in [3.05, 3.63) is 517 Å².